The number of benzene rings is 2. The first-order chi connectivity index (χ1) is 14.5. The molecule has 0 radical (unpaired) electrons. The Kier molecular flexibility index (Phi) is 5.48. The monoisotopic (exact) mass is 401 g/mol. The number of rotatable bonds is 6. The van der Waals surface area contributed by atoms with Crippen LogP contribution in [-0.4, -0.2) is 29.9 Å². The zero-order chi connectivity index (χ0) is 21.1. The van der Waals surface area contributed by atoms with Gasteiger partial charge in [0, 0.05) is 29.1 Å². The van der Waals surface area contributed by atoms with Crippen molar-refractivity contribution in [3.05, 3.63) is 77.5 Å². The molecular formula is C24H23N3O3. The van der Waals surface area contributed by atoms with Gasteiger partial charge in [0.2, 0.25) is 0 Å². The molecule has 0 spiro atoms. The molecule has 6 heteroatoms. The summed E-state index contributed by atoms with van der Waals surface area (Å²) in [6.07, 6.45) is 3.64. The Morgan fingerprint density at radius 3 is 2.33 bits per heavy atom. The number of carbonyl (C=O) groups is 2. The van der Waals surface area contributed by atoms with Crippen LogP contribution in [0.3, 0.4) is 0 Å². The van der Waals surface area contributed by atoms with Gasteiger partial charge in [-0.15, -0.1) is 0 Å². The molecule has 1 fully saturated rings. The molecule has 3 aromatic rings. The third-order valence-electron chi connectivity index (χ3n) is 5.06. The molecule has 1 aliphatic rings. The minimum atomic E-state index is -0.242. The number of amides is 2. The van der Waals surface area contributed by atoms with Crippen LogP contribution in [0, 0.1) is 6.92 Å². The standard InChI is InChI=1S/C24H23N3O3/c1-15-3-4-16(23(28)26-18-6-7-18)13-21(15)22-12-5-17(14-25-22)24(29)27-19-8-10-20(30-2)11-9-19/h3-5,8-14,18H,6-7H2,1-2H3,(H,26,28)(H,27,29). The largest absolute Gasteiger partial charge is 0.497 e. The topological polar surface area (TPSA) is 80.3 Å². The van der Waals surface area contributed by atoms with Crippen molar-refractivity contribution in [3.8, 4) is 17.0 Å². The molecule has 1 aliphatic carbocycles. The number of hydrogen-bond acceptors (Lipinski definition) is 4. The molecule has 0 atom stereocenters. The van der Waals surface area contributed by atoms with Gasteiger partial charge >= 0.3 is 0 Å². The number of nitrogens with one attached hydrogen (secondary N) is 2. The molecule has 0 unspecified atom stereocenters. The predicted molar refractivity (Wildman–Crippen MR) is 116 cm³/mol. The summed E-state index contributed by atoms with van der Waals surface area (Å²) in [5, 5.41) is 5.84. The highest BCUT2D eigenvalue weighted by molar-refractivity contribution is 6.04. The third-order valence-corrected chi connectivity index (χ3v) is 5.06. The van der Waals surface area contributed by atoms with Crippen molar-refractivity contribution in [1.29, 1.82) is 0 Å². The van der Waals surface area contributed by atoms with Gasteiger partial charge in [0.15, 0.2) is 0 Å². The van der Waals surface area contributed by atoms with Gasteiger partial charge < -0.3 is 15.4 Å². The highest BCUT2D eigenvalue weighted by Crippen LogP contribution is 2.25. The molecule has 30 heavy (non-hydrogen) atoms. The van der Waals surface area contributed by atoms with Crippen molar-refractivity contribution in [2.75, 3.05) is 12.4 Å². The van der Waals surface area contributed by atoms with E-state index < -0.39 is 0 Å². The van der Waals surface area contributed by atoms with Crippen molar-refractivity contribution < 1.29 is 14.3 Å². The summed E-state index contributed by atoms with van der Waals surface area (Å²) in [6, 6.07) is 16.6. The number of carbonyl (C=O) groups excluding carboxylic acids is 2. The fraction of sp³-hybridized carbons (Fsp3) is 0.208. The number of pyridine rings is 1. The molecule has 2 aromatic carbocycles. The van der Waals surface area contributed by atoms with Crippen molar-refractivity contribution in [1.82, 2.24) is 10.3 Å². The second-order valence-electron chi connectivity index (χ2n) is 7.39. The highest BCUT2D eigenvalue weighted by Gasteiger charge is 2.24. The number of methoxy groups -OCH3 is 1. The zero-order valence-corrected chi connectivity index (χ0v) is 16.9. The van der Waals surface area contributed by atoms with Gasteiger partial charge in [0.05, 0.1) is 18.4 Å². The molecule has 2 N–H and O–H groups in total. The SMILES string of the molecule is COc1ccc(NC(=O)c2ccc(-c3cc(C(=O)NC4CC4)ccc3C)nc2)cc1. The summed E-state index contributed by atoms with van der Waals surface area (Å²) in [7, 11) is 1.59. The van der Waals surface area contributed by atoms with E-state index in [1.54, 1.807) is 49.7 Å². The molecular weight excluding hydrogens is 378 g/mol. The molecule has 2 amide bonds. The Morgan fingerprint density at radius 1 is 0.967 bits per heavy atom. The number of ether oxygens (including phenoxy) is 1. The predicted octanol–water partition coefficient (Wildman–Crippen LogP) is 4.21. The summed E-state index contributed by atoms with van der Waals surface area (Å²) >= 11 is 0. The fourth-order valence-electron chi connectivity index (χ4n) is 3.10. The van der Waals surface area contributed by atoms with Gasteiger partial charge in [-0.1, -0.05) is 6.07 Å². The van der Waals surface area contributed by atoms with Crippen molar-refractivity contribution in [2.24, 2.45) is 0 Å². The van der Waals surface area contributed by atoms with Crippen LogP contribution >= 0.6 is 0 Å². The maximum atomic E-state index is 12.5. The molecule has 4 rings (SSSR count). The average molecular weight is 401 g/mol. The lowest BCUT2D eigenvalue weighted by Gasteiger charge is -2.10. The number of anilines is 1. The molecule has 1 aromatic heterocycles. The first kappa shape index (κ1) is 19.6. The lowest BCUT2D eigenvalue weighted by molar-refractivity contribution is 0.0950. The van der Waals surface area contributed by atoms with Crippen LogP contribution < -0.4 is 15.4 Å². The Hall–Kier alpha value is -3.67. The molecule has 0 bridgehead atoms. The highest BCUT2D eigenvalue weighted by atomic mass is 16.5. The van der Waals surface area contributed by atoms with Gasteiger partial charge in [0.25, 0.3) is 11.8 Å². The van der Waals surface area contributed by atoms with Crippen LogP contribution in [-0.2, 0) is 0 Å². The van der Waals surface area contributed by atoms with Crippen LogP contribution in [0.5, 0.6) is 5.75 Å². The Morgan fingerprint density at radius 2 is 1.70 bits per heavy atom. The fourth-order valence-corrected chi connectivity index (χ4v) is 3.10. The van der Waals surface area contributed by atoms with Crippen molar-refractivity contribution >= 4 is 17.5 Å². The summed E-state index contributed by atoms with van der Waals surface area (Å²) in [6.45, 7) is 1.98. The Bertz CT molecular complexity index is 1070. The van der Waals surface area contributed by atoms with Crippen LogP contribution in [0.25, 0.3) is 11.3 Å². The molecule has 0 saturated heterocycles. The van der Waals surface area contributed by atoms with Gasteiger partial charge in [-0.3, -0.25) is 14.6 Å². The van der Waals surface area contributed by atoms with Crippen LogP contribution in [0.4, 0.5) is 5.69 Å². The minimum Gasteiger partial charge on any atom is -0.497 e. The Balaban J connectivity index is 1.49. The van der Waals surface area contributed by atoms with Crippen LogP contribution in [0.1, 0.15) is 39.1 Å². The summed E-state index contributed by atoms with van der Waals surface area (Å²) in [4.78, 5) is 29.3. The quantitative estimate of drug-likeness (QED) is 0.648. The van der Waals surface area contributed by atoms with E-state index in [9.17, 15) is 9.59 Å². The van der Waals surface area contributed by atoms with Crippen LogP contribution in [0.2, 0.25) is 0 Å². The molecule has 152 valence electrons. The maximum Gasteiger partial charge on any atom is 0.257 e. The lowest BCUT2D eigenvalue weighted by Crippen LogP contribution is -2.25. The van der Waals surface area contributed by atoms with Crippen LogP contribution in [0.15, 0.2) is 60.8 Å². The average Bonchev–Trinajstić information content (AvgIpc) is 3.58. The molecule has 6 nitrogen and oxygen atoms in total. The molecule has 1 saturated carbocycles. The zero-order valence-electron chi connectivity index (χ0n) is 16.9. The van der Waals surface area contributed by atoms with E-state index >= 15 is 0 Å². The van der Waals surface area contributed by atoms with E-state index in [2.05, 4.69) is 15.6 Å². The number of aryl methyl sites for hydroxylation is 1. The maximum absolute atomic E-state index is 12.5. The second-order valence-corrected chi connectivity index (χ2v) is 7.39. The molecule has 0 aliphatic heterocycles. The van der Waals surface area contributed by atoms with Crippen molar-refractivity contribution in [2.45, 2.75) is 25.8 Å². The third kappa shape index (κ3) is 4.49. The van der Waals surface area contributed by atoms with E-state index in [-0.39, 0.29) is 11.8 Å². The smallest absolute Gasteiger partial charge is 0.257 e. The summed E-state index contributed by atoms with van der Waals surface area (Å²) in [5.74, 6) is 0.421. The van der Waals surface area contributed by atoms with Gasteiger partial charge in [0.1, 0.15) is 5.75 Å². The first-order valence-electron chi connectivity index (χ1n) is 9.87. The number of hydrogen-bond donors (Lipinski definition) is 2. The van der Waals surface area contributed by atoms with E-state index in [1.165, 1.54) is 0 Å². The minimum absolute atomic E-state index is 0.0609. The first-order valence-corrected chi connectivity index (χ1v) is 9.87. The van der Waals surface area contributed by atoms with E-state index in [0.717, 1.165) is 35.4 Å². The van der Waals surface area contributed by atoms with E-state index in [0.29, 0.717) is 22.9 Å². The summed E-state index contributed by atoms with van der Waals surface area (Å²) in [5.41, 5.74) is 4.35. The van der Waals surface area contributed by atoms with Gasteiger partial charge in [-0.2, -0.15) is 0 Å². The second kappa shape index (κ2) is 8.37. The van der Waals surface area contributed by atoms with Gasteiger partial charge in [-0.05, 0) is 73.9 Å². The molecule has 1 heterocycles. The Labute approximate surface area is 175 Å². The lowest BCUT2D eigenvalue weighted by atomic mass is 10.0. The normalized spacial score (nSPS) is 12.9. The number of nitrogens with zero attached hydrogens (tertiary/aromatic N) is 1. The number of aromatic nitrogens is 1. The van der Waals surface area contributed by atoms with E-state index in [4.69, 9.17) is 4.74 Å². The van der Waals surface area contributed by atoms with Crippen molar-refractivity contribution in [3.63, 3.8) is 0 Å². The van der Waals surface area contributed by atoms with E-state index in [1.807, 2.05) is 25.1 Å². The summed E-state index contributed by atoms with van der Waals surface area (Å²) < 4.78 is 5.12. The van der Waals surface area contributed by atoms with Gasteiger partial charge in [-0.25, -0.2) is 0 Å².